The topological polar surface area (TPSA) is 114 Å². The molecule has 2 atom stereocenters. The molecular weight excluding hydrogens is 396 g/mol. The Balaban J connectivity index is 1.91. The van der Waals surface area contributed by atoms with Crippen LogP contribution in [0.15, 0.2) is 24.3 Å². The molecule has 1 fully saturated rings. The number of hydrogen-bond donors (Lipinski definition) is 0. The maximum absolute atomic E-state index is 12.6. The molecule has 0 unspecified atom stereocenters. The fraction of sp³-hybridized carbons (Fsp3) is 0.550. The molecule has 1 saturated heterocycles. The first-order valence-corrected chi connectivity index (χ1v) is 11.3. The third-order valence-corrected chi connectivity index (χ3v) is 6.25. The van der Waals surface area contributed by atoms with Crippen LogP contribution < -0.4 is 4.74 Å². The Morgan fingerprint density at radius 1 is 1.24 bits per heavy atom. The maximum atomic E-state index is 12.6. The van der Waals surface area contributed by atoms with E-state index in [1.807, 2.05) is 19.9 Å². The molecule has 0 radical (unpaired) electrons. The Morgan fingerprint density at radius 3 is 2.41 bits per heavy atom. The number of ether oxygens (including phenoxy) is 2. The molecule has 2 rings (SSSR count). The van der Waals surface area contributed by atoms with Gasteiger partial charge >= 0.3 is 5.97 Å². The molecule has 0 spiro atoms. The highest BCUT2D eigenvalue weighted by Gasteiger charge is 2.35. The lowest BCUT2D eigenvalue weighted by Crippen LogP contribution is -2.45. The molecule has 158 valence electrons. The number of carbonyl (C=O) groups excluding carboxylic acids is 2. The molecule has 29 heavy (non-hydrogen) atoms. The second-order valence-electron chi connectivity index (χ2n) is 7.50. The van der Waals surface area contributed by atoms with Gasteiger partial charge in [-0.15, -0.1) is 0 Å². The Labute approximate surface area is 171 Å². The van der Waals surface area contributed by atoms with Gasteiger partial charge in [-0.1, -0.05) is 13.8 Å². The Hall–Kier alpha value is -2.60. The van der Waals surface area contributed by atoms with Gasteiger partial charge in [0, 0.05) is 12.6 Å². The van der Waals surface area contributed by atoms with E-state index in [4.69, 9.17) is 14.7 Å². The summed E-state index contributed by atoms with van der Waals surface area (Å²) in [6.45, 7) is 5.30. The van der Waals surface area contributed by atoms with Gasteiger partial charge in [0.2, 0.25) is 0 Å². The van der Waals surface area contributed by atoms with Gasteiger partial charge in [0.05, 0.1) is 23.1 Å². The van der Waals surface area contributed by atoms with E-state index in [9.17, 15) is 18.0 Å². The maximum Gasteiger partial charge on any atom is 0.347 e. The first-order valence-electron chi connectivity index (χ1n) is 9.44. The Bertz CT molecular complexity index is 873. The van der Waals surface area contributed by atoms with Gasteiger partial charge < -0.3 is 14.4 Å². The van der Waals surface area contributed by atoms with Crippen LogP contribution in [0.3, 0.4) is 0 Å². The minimum Gasteiger partial charge on any atom is -0.479 e. The van der Waals surface area contributed by atoms with Crippen LogP contribution in [0.2, 0.25) is 0 Å². The highest BCUT2D eigenvalue weighted by molar-refractivity contribution is 7.91. The second kappa shape index (κ2) is 9.74. The molecular formula is C20H26N2O6S. The van der Waals surface area contributed by atoms with E-state index in [1.54, 1.807) is 24.3 Å². The minimum atomic E-state index is -3.14. The van der Waals surface area contributed by atoms with Gasteiger partial charge in [0.1, 0.15) is 5.75 Å². The summed E-state index contributed by atoms with van der Waals surface area (Å²) in [5.41, 5.74) is 0.470. The standard InChI is InChI=1S/C20H26N2O6S/c1-14(2)11-22(17-8-9-29(25,26)13-17)19(23)12-27-20(24)15(3)28-18-6-4-16(10-21)5-7-18/h4-7,14-15,17H,8-9,11-13H2,1-3H3/t15-,17+/m1/s1. The van der Waals surface area contributed by atoms with E-state index >= 15 is 0 Å². The number of nitriles is 1. The van der Waals surface area contributed by atoms with E-state index in [1.165, 1.54) is 11.8 Å². The number of hydrogen-bond acceptors (Lipinski definition) is 7. The first-order chi connectivity index (χ1) is 13.6. The van der Waals surface area contributed by atoms with Gasteiger partial charge in [-0.2, -0.15) is 5.26 Å². The zero-order valence-corrected chi connectivity index (χ0v) is 17.6. The van der Waals surface area contributed by atoms with E-state index in [0.717, 1.165) is 0 Å². The van der Waals surface area contributed by atoms with Crippen molar-refractivity contribution in [3.05, 3.63) is 29.8 Å². The van der Waals surface area contributed by atoms with Crippen LogP contribution in [0.4, 0.5) is 0 Å². The van der Waals surface area contributed by atoms with Gasteiger partial charge in [0.25, 0.3) is 5.91 Å². The predicted octanol–water partition coefficient (Wildman–Crippen LogP) is 1.54. The highest BCUT2D eigenvalue weighted by atomic mass is 32.2. The molecule has 0 aliphatic carbocycles. The number of benzene rings is 1. The summed E-state index contributed by atoms with van der Waals surface area (Å²) in [7, 11) is -3.14. The molecule has 0 N–H and O–H groups in total. The molecule has 1 aromatic carbocycles. The Morgan fingerprint density at radius 2 is 1.90 bits per heavy atom. The van der Waals surface area contributed by atoms with E-state index < -0.39 is 34.4 Å². The van der Waals surface area contributed by atoms with Gasteiger partial charge in [-0.25, -0.2) is 13.2 Å². The van der Waals surface area contributed by atoms with Crippen molar-refractivity contribution in [3.8, 4) is 11.8 Å². The predicted molar refractivity (Wildman–Crippen MR) is 106 cm³/mol. The highest BCUT2D eigenvalue weighted by Crippen LogP contribution is 2.19. The van der Waals surface area contributed by atoms with Crippen LogP contribution in [-0.2, 0) is 24.2 Å². The fourth-order valence-electron chi connectivity index (χ4n) is 3.06. The summed E-state index contributed by atoms with van der Waals surface area (Å²) in [4.78, 5) is 26.3. The summed E-state index contributed by atoms with van der Waals surface area (Å²) in [6, 6.07) is 7.87. The van der Waals surface area contributed by atoms with Crippen LogP contribution in [0.5, 0.6) is 5.75 Å². The number of carbonyl (C=O) groups is 2. The van der Waals surface area contributed by atoms with Crippen molar-refractivity contribution in [3.63, 3.8) is 0 Å². The van der Waals surface area contributed by atoms with E-state index in [0.29, 0.717) is 24.3 Å². The molecule has 1 amide bonds. The number of rotatable bonds is 8. The molecule has 9 heteroatoms. The number of nitrogens with zero attached hydrogens (tertiary/aromatic N) is 2. The molecule has 8 nitrogen and oxygen atoms in total. The number of amides is 1. The normalized spacial score (nSPS) is 18.7. The van der Waals surface area contributed by atoms with Gasteiger partial charge in [-0.3, -0.25) is 4.79 Å². The molecule has 1 aromatic rings. The third-order valence-electron chi connectivity index (χ3n) is 4.50. The average Bonchev–Trinajstić information content (AvgIpc) is 3.03. The summed E-state index contributed by atoms with van der Waals surface area (Å²) < 4.78 is 34.1. The molecule has 1 aliphatic heterocycles. The van der Waals surface area contributed by atoms with Crippen molar-refractivity contribution in [2.75, 3.05) is 24.7 Å². The van der Waals surface area contributed by atoms with Crippen molar-refractivity contribution in [1.82, 2.24) is 4.90 Å². The smallest absolute Gasteiger partial charge is 0.347 e. The summed E-state index contributed by atoms with van der Waals surface area (Å²) >= 11 is 0. The van der Waals surface area contributed by atoms with Crippen LogP contribution in [-0.4, -0.2) is 62.0 Å². The van der Waals surface area contributed by atoms with Crippen LogP contribution in [0.25, 0.3) is 0 Å². The monoisotopic (exact) mass is 422 g/mol. The lowest BCUT2D eigenvalue weighted by molar-refractivity contribution is -0.158. The van der Waals surface area contributed by atoms with Crippen molar-refractivity contribution in [1.29, 1.82) is 5.26 Å². The van der Waals surface area contributed by atoms with E-state index in [2.05, 4.69) is 0 Å². The molecule has 0 saturated carbocycles. The summed E-state index contributed by atoms with van der Waals surface area (Å²) in [5, 5.41) is 8.79. The van der Waals surface area contributed by atoms with Gasteiger partial charge in [-0.05, 0) is 43.5 Å². The fourth-order valence-corrected chi connectivity index (χ4v) is 4.79. The summed E-state index contributed by atoms with van der Waals surface area (Å²) in [6.07, 6.45) is -0.548. The molecule has 1 heterocycles. The van der Waals surface area contributed by atoms with Gasteiger partial charge in [0.15, 0.2) is 22.5 Å². The Kier molecular flexibility index (Phi) is 7.62. The third kappa shape index (κ3) is 6.75. The molecule has 1 aliphatic rings. The van der Waals surface area contributed by atoms with Crippen molar-refractivity contribution in [2.45, 2.75) is 39.3 Å². The van der Waals surface area contributed by atoms with Crippen molar-refractivity contribution in [2.24, 2.45) is 5.92 Å². The minimum absolute atomic E-state index is 0.0579. The zero-order valence-electron chi connectivity index (χ0n) is 16.8. The average molecular weight is 423 g/mol. The molecule has 0 bridgehead atoms. The SMILES string of the molecule is CC(C)CN(C(=O)COC(=O)[C@@H](C)Oc1ccc(C#N)cc1)[C@H]1CCS(=O)(=O)C1. The summed E-state index contributed by atoms with van der Waals surface area (Å²) in [5.74, 6) is -0.563. The van der Waals surface area contributed by atoms with Crippen LogP contribution >= 0.6 is 0 Å². The lowest BCUT2D eigenvalue weighted by Gasteiger charge is -2.29. The first kappa shape index (κ1) is 22.7. The van der Waals surface area contributed by atoms with Crippen molar-refractivity contribution < 1.29 is 27.5 Å². The number of esters is 1. The van der Waals surface area contributed by atoms with Crippen molar-refractivity contribution >= 4 is 21.7 Å². The van der Waals surface area contributed by atoms with Crippen LogP contribution in [0, 0.1) is 17.2 Å². The van der Waals surface area contributed by atoms with Crippen LogP contribution in [0.1, 0.15) is 32.8 Å². The zero-order chi connectivity index (χ0) is 21.6. The number of sulfone groups is 1. The molecule has 0 aromatic heterocycles. The second-order valence-corrected chi connectivity index (χ2v) is 9.73. The quantitative estimate of drug-likeness (QED) is 0.584. The largest absolute Gasteiger partial charge is 0.479 e. The van der Waals surface area contributed by atoms with E-state index in [-0.39, 0.29) is 23.5 Å². The lowest BCUT2D eigenvalue weighted by atomic mass is 10.1.